The van der Waals surface area contributed by atoms with E-state index >= 15 is 0 Å². The number of rotatable bonds is 18. The highest BCUT2D eigenvalue weighted by molar-refractivity contribution is 5.90. The Hall–Kier alpha value is -5.76. The van der Waals surface area contributed by atoms with Crippen molar-refractivity contribution in [2.75, 3.05) is 6.54 Å². The first kappa shape index (κ1) is 50.2. The topological polar surface area (TPSA) is 369 Å². The lowest BCUT2D eigenvalue weighted by Crippen LogP contribution is -2.40. The van der Waals surface area contributed by atoms with Gasteiger partial charge in [0.15, 0.2) is 0 Å². The molecule has 56 heavy (non-hydrogen) atoms. The molecule has 18 nitrogen and oxygen atoms in total. The lowest BCUT2D eigenvalue weighted by Gasteiger charge is -2.13. The van der Waals surface area contributed by atoms with Crippen molar-refractivity contribution >= 4 is 35.8 Å². The molecule has 17 N–H and O–H groups in total. The van der Waals surface area contributed by atoms with E-state index in [1.807, 2.05) is 60.7 Å². The number of ether oxygens (including phenoxy) is 1. The van der Waals surface area contributed by atoms with Crippen LogP contribution in [0, 0.1) is 0 Å². The molecule has 0 saturated carbocycles. The molecule has 3 aromatic carbocycles. The Balaban J connectivity index is 0.000000754. The van der Waals surface area contributed by atoms with Crippen LogP contribution in [0.2, 0.25) is 0 Å². The first-order chi connectivity index (χ1) is 26.4. The lowest BCUT2D eigenvalue weighted by molar-refractivity contribution is -0.161. The molecule has 0 unspecified atom stereocenters. The van der Waals surface area contributed by atoms with Gasteiger partial charge in [-0.1, -0.05) is 79.2 Å². The van der Waals surface area contributed by atoms with Crippen LogP contribution in [0.1, 0.15) is 48.8 Å². The van der Waals surface area contributed by atoms with Crippen molar-refractivity contribution in [1.29, 1.82) is 0 Å². The quantitative estimate of drug-likeness (QED) is 0.0470. The summed E-state index contributed by atoms with van der Waals surface area (Å²) < 4.78 is 4.72. The maximum absolute atomic E-state index is 11.7. The molecule has 0 amide bonds. The summed E-state index contributed by atoms with van der Waals surface area (Å²) in [7, 11) is 0. The van der Waals surface area contributed by atoms with Gasteiger partial charge in [0.2, 0.25) is 0 Å². The van der Waals surface area contributed by atoms with Gasteiger partial charge in [-0.25, -0.2) is 9.59 Å². The maximum atomic E-state index is 11.7. The summed E-state index contributed by atoms with van der Waals surface area (Å²) in [5, 5.41) is 42.3. The molecule has 0 bridgehead atoms. The first-order valence-electron chi connectivity index (χ1n) is 17.4. The van der Waals surface area contributed by atoms with E-state index in [9.17, 15) is 28.8 Å². The average Bonchev–Trinajstić information content (AvgIpc) is 3.16. The zero-order chi connectivity index (χ0) is 42.6. The molecule has 0 aliphatic rings. The van der Waals surface area contributed by atoms with Crippen molar-refractivity contribution in [2.24, 2.45) is 34.4 Å². The minimum Gasteiger partial charge on any atom is -0.508 e. The number of benzene rings is 3. The van der Waals surface area contributed by atoms with Crippen LogP contribution < -0.4 is 34.4 Å². The SMILES string of the molecule is NCCCC[C@H](N)C(=O)OC(=O)[C@@H](N)Cc1ccccc1.N[C@@H](CCC(=O)O)C(=O)O.N[C@@H](Cc1ccc(O)cc1)C(=O)O.N[C@@H](Cc1ccccc1)C(=O)O. The lowest BCUT2D eigenvalue weighted by atomic mass is 10.1. The molecule has 3 rings (SSSR count). The van der Waals surface area contributed by atoms with Crippen molar-refractivity contribution in [3.63, 3.8) is 0 Å². The number of carbonyl (C=O) groups excluding carboxylic acids is 2. The molecule has 0 aliphatic heterocycles. The molecule has 0 radical (unpaired) electrons. The van der Waals surface area contributed by atoms with Crippen molar-refractivity contribution in [1.82, 2.24) is 0 Å². The number of phenolic OH excluding ortho intramolecular Hbond substituents is 1. The fourth-order valence-electron chi connectivity index (χ4n) is 4.16. The van der Waals surface area contributed by atoms with Gasteiger partial charge in [0.1, 0.15) is 36.0 Å². The van der Waals surface area contributed by atoms with Gasteiger partial charge in [0.25, 0.3) is 0 Å². The first-order valence-corrected chi connectivity index (χ1v) is 17.4. The number of unbranched alkanes of at least 4 members (excludes halogenated alkanes) is 1. The number of carbonyl (C=O) groups is 6. The van der Waals surface area contributed by atoms with E-state index in [1.165, 1.54) is 12.1 Å². The minimum absolute atomic E-state index is 0.0231. The zero-order valence-electron chi connectivity index (χ0n) is 30.9. The largest absolute Gasteiger partial charge is 0.508 e. The van der Waals surface area contributed by atoms with Crippen molar-refractivity contribution in [3.05, 3.63) is 102 Å². The molecule has 308 valence electrons. The molecule has 3 aromatic rings. The summed E-state index contributed by atoms with van der Waals surface area (Å²) in [6.45, 7) is 0.544. The molecule has 0 aromatic heterocycles. The van der Waals surface area contributed by atoms with E-state index in [-0.39, 0.29) is 25.0 Å². The molecule has 0 aliphatic carbocycles. The summed E-state index contributed by atoms with van der Waals surface area (Å²) in [6, 6.07) is 20.5. The number of phenols is 1. The van der Waals surface area contributed by atoms with Gasteiger partial charge in [-0.2, -0.15) is 0 Å². The highest BCUT2D eigenvalue weighted by atomic mass is 16.6. The van der Waals surface area contributed by atoms with Gasteiger partial charge >= 0.3 is 35.8 Å². The third kappa shape index (κ3) is 24.5. The normalized spacial score (nSPS) is 12.8. The Morgan fingerprint density at radius 1 is 0.500 bits per heavy atom. The second kappa shape index (κ2) is 28.7. The Morgan fingerprint density at radius 2 is 0.893 bits per heavy atom. The fourth-order valence-corrected chi connectivity index (χ4v) is 4.16. The molecule has 0 saturated heterocycles. The van der Waals surface area contributed by atoms with Crippen LogP contribution in [0.3, 0.4) is 0 Å². The highest BCUT2D eigenvalue weighted by Gasteiger charge is 2.23. The molecule has 0 fully saturated rings. The van der Waals surface area contributed by atoms with E-state index in [0.717, 1.165) is 29.5 Å². The average molecular weight is 787 g/mol. The van der Waals surface area contributed by atoms with E-state index < -0.39 is 66.0 Å². The summed E-state index contributed by atoms with van der Waals surface area (Å²) in [5.41, 5.74) is 35.1. The molecule has 18 heteroatoms. The second-order valence-corrected chi connectivity index (χ2v) is 12.3. The third-order valence-electron chi connectivity index (χ3n) is 7.39. The summed E-state index contributed by atoms with van der Waals surface area (Å²) in [6.07, 6.45) is 2.69. The smallest absolute Gasteiger partial charge is 0.330 e. The number of hydrogen-bond acceptors (Lipinski definition) is 14. The van der Waals surface area contributed by atoms with Crippen molar-refractivity contribution < 1.29 is 59.0 Å². The van der Waals surface area contributed by atoms with Crippen molar-refractivity contribution in [3.8, 4) is 5.75 Å². The zero-order valence-corrected chi connectivity index (χ0v) is 30.9. The van der Waals surface area contributed by atoms with Crippen LogP contribution in [-0.2, 0) is 52.8 Å². The van der Waals surface area contributed by atoms with Crippen LogP contribution in [-0.4, -0.2) is 98.1 Å². The Bertz CT molecular complexity index is 1610. The van der Waals surface area contributed by atoms with Gasteiger partial charge in [0, 0.05) is 6.42 Å². The van der Waals surface area contributed by atoms with E-state index in [1.54, 1.807) is 12.1 Å². The number of carboxylic acid groups (broad SMARTS) is 4. The number of nitrogens with two attached hydrogens (primary N) is 6. The van der Waals surface area contributed by atoms with E-state index in [2.05, 4.69) is 0 Å². The molecule has 0 heterocycles. The van der Waals surface area contributed by atoms with Crippen LogP contribution in [0.4, 0.5) is 0 Å². The van der Waals surface area contributed by atoms with Crippen LogP contribution >= 0.6 is 0 Å². The predicted octanol–water partition coefficient (Wildman–Crippen LogP) is 0.333. The summed E-state index contributed by atoms with van der Waals surface area (Å²) in [4.78, 5) is 64.0. The maximum Gasteiger partial charge on any atom is 0.330 e. The number of hydrogen-bond donors (Lipinski definition) is 11. The van der Waals surface area contributed by atoms with Crippen LogP contribution in [0.5, 0.6) is 5.75 Å². The van der Waals surface area contributed by atoms with E-state index in [0.29, 0.717) is 25.8 Å². The molecular formula is C38H54N6O12. The Morgan fingerprint density at radius 3 is 1.29 bits per heavy atom. The summed E-state index contributed by atoms with van der Waals surface area (Å²) in [5.74, 6) is -5.50. The fraction of sp³-hybridized carbons (Fsp3) is 0.368. The molecule has 5 atom stereocenters. The van der Waals surface area contributed by atoms with Gasteiger partial charge < -0.3 is 64.7 Å². The van der Waals surface area contributed by atoms with Crippen LogP contribution in [0.25, 0.3) is 0 Å². The Kier molecular flexibility index (Phi) is 25.7. The van der Waals surface area contributed by atoms with Crippen molar-refractivity contribution in [2.45, 2.75) is 81.6 Å². The van der Waals surface area contributed by atoms with Gasteiger partial charge in [0.05, 0.1) is 0 Å². The number of carboxylic acids is 4. The second-order valence-electron chi connectivity index (χ2n) is 12.3. The molecular weight excluding hydrogens is 732 g/mol. The standard InChI is InChI=1S/C15H23N3O3.C9H11NO3.C9H11NO2.C5H9NO4/c16-9-5-4-8-12(17)14(19)21-15(20)13(18)10-11-6-2-1-3-7-11;10-8(9(12)13)5-6-1-3-7(11)4-2-6;10-8(9(11)12)6-7-4-2-1-3-5-7;6-3(5(9)10)1-2-4(7)8/h1-3,6-7,12-13H,4-5,8-10,16-18H2;1-4,8,11H,5,10H2,(H,12,13);1-5,8H,6,10H2,(H,11,12);3H,1-2,6H2,(H,7,8)(H,9,10)/t12-,13-;2*8-;3-/m0000/s1. The predicted molar refractivity (Wildman–Crippen MR) is 206 cm³/mol. The number of esters is 2. The number of aromatic hydroxyl groups is 1. The van der Waals surface area contributed by atoms with E-state index in [4.69, 9.17) is 64.7 Å². The Labute approximate surface area is 324 Å². The van der Waals surface area contributed by atoms with Gasteiger partial charge in [-0.05, 0) is 73.9 Å². The summed E-state index contributed by atoms with van der Waals surface area (Å²) >= 11 is 0. The highest BCUT2D eigenvalue weighted by Crippen LogP contribution is 2.11. The third-order valence-corrected chi connectivity index (χ3v) is 7.39. The van der Waals surface area contributed by atoms with Gasteiger partial charge in [-0.3, -0.25) is 19.2 Å². The molecule has 0 spiro atoms. The monoisotopic (exact) mass is 786 g/mol. The van der Waals surface area contributed by atoms with Gasteiger partial charge in [-0.15, -0.1) is 0 Å². The minimum atomic E-state index is -1.17. The van der Waals surface area contributed by atoms with Crippen LogP contribution in [0.15, 0.2) is 84.9 Å². The number of aliphatic carboxylic acids is 4.